The van der Waals surface area contributed by atoms with E-state index in [1.807, 2.05) is 0 Å². The normalized spacial score (nSPS) is 18.1. The molecule has 1 aliphatic rings. The van der Waals surface area contributed by atoms with E-state index < -0.39 is 6.43 Å². The molecule has 5 heteroatoms. The van der Waals surface area contributed by atoms with Gasteiger partial charge in [0.1, 0.15) is 0 Å². The van der Waals surface area contributed by atoms with E-state index in [4.69, 9.17) is 5.73 Å². The largest absolute Gasteiger partial charge is 0.399 e. The molecule has 0 bridgehead atoms. The third-order valence-corrected chi connectivity index (χ3v) is 3.71. The Morgan fingerprint density at radius 1 is 1.16 bits per heavy atom. The molecule has 19 heavy (non-hydrogen) atoms. The summed E-state index contributed by atoms with van der Waals surface area (Å²) in [5.41, 5.74) is 6.74. The third kappa shape index (κ3) is 3.64. The topological polar surface area (TPSA) is 32.5 Å². The highest BCUT2D eigenvalue weighted by Gasteiger charge is 2.19. The number of nitrogens with two attached hydrogens (primary N) is 1. The predicted molar refractivity (Wildman–Crippen MR) is 73.2 cm³/mol. The number of hydrogen-bond acceptors (Lipinski definition) is 3. The molecule has 1 aromatic rings. The second kappa shape index (κ2) is 6.30. The summed E-state index contributed by atoms with van der Waals surface area (Å²) >= 11 is 0. The van der Waals surface area contributed by atoms with Gasteiger partial charge in [-0.2, -0.15) is 0 Å². The van der Waals surface area contributed by atoms with E-state index in [9.17, 15) is 8.78 Å². The summed E-state index contributed by atoms with van der Waals surface area (Å²) in [4.78, 5) is 4.59. The molecule has 0 radical (unpaired) electrons. The van der Waals surface area contributed by atoms with E-state index in [1.54, 1.807) is 12.1 Å². The lowest BCUT2D eigenvalue weighted by molar-refractivity contribution is 0.126. The highest BCUT2D eigenvalue weighted by atomic mass is 19.3. The molecule has 3 nitrogen and oxygen atoms in total. The quantitative estimate of drug-likeness (QED) is 0.852. The zero-order valence-electron chi connectivity index (χ0n) is 11.3. The van der Waals surface area contributed by atoms with Crippen LogP contribution in [-0.4, -0.2) is 42.5 Å². The minimum absolute atomic E-state index is 0.0675. The van der Waals surface area contributed by atoms with Gasteiger partial charge in [-0.3, -0.25) is 4.90 Å². The van der Waals surface area contributed by atoms with Crippen molar-refractivity contribution in [3.05, 3.63) is 29.3 Å². The van der Waals surface area contributed by atoms with Gasteiger partial charge >= 0.3 is 0 Å². The Morgan fingerprint density at radius 3 is 2.37 bits per heavy atom. The highest BCUT2D eigenvalue weighted by molar-refractivity contribution is 5.45. The molecule has 0 aromatic heterocycles. The van der Waals surface area contributed by atoms with Crippen LogP contribution in [0.25, 0.3) is 0 Å². The van der Waals surface area contributed by atoms with Gasteiger partial charge in [-0.15, -0.1) is 0 Å². The zero-order chi connectivity index (χ0) is 13.8. The van der Waals surface area contributed by atoms with Crippen LogP contribution in [0, 0.1) is 0 Å². The van der Waals surface area contributed by atoms with E-state index >= 15 is 0 Å². The Kier molecular flexibility index (Phi) is 4.71. The second-order valence-electron chi connectivity index (χ2n) is 4.97. The van der Waals surface area contributed by atoms with Gasteiger partial charge in [0, 0.05) is 44.0 Å². The molecule has 0 saturated carbocycles. The van der Waals surface area contributed by atoms with Crippen LogP contribution in [0.2, 0.25) is 0 Å². The third-order valence-electron chi connectivity index (χ3n) is 3.71. The van der Waals surface area contributed by atoms with Crippen molar-refractivity contribution in [2.75, 3.05) is 38.5 Å². The van der Waals surface area contributed by atoms with Crippen molar-refractivity contribution < 1.29 is 8.78 Å². The average Bonchev–Trinajstić information content (AvgIpc) is 2.41. The Bertz CT molecular complexity index is 415. The van der Waals surface area contributed by atoms with Crippen LogP contribution in [-0.2, 0) is 6.54 Å². The molecular formula is C14H21F2N3. The zero-order valence-corrected chi connectivity index (χ0v) is 11.3. The molecular weight excluding hydrogens is 248 g/mol. The first-order valence-electron chi connectivity index (χ1n) is 6.71. The molecule has 1 fully saturated rings. The summed E-state index contributed by atoms with van der Waals surface area (Å²) in [7, 11) is 0. The van der Waals surface area contributed by atoms with E-state index in [0.717, 1.165) is 32.7 Å². The van der Waals surface area contributed by atoms with Gasteiger partial charge in [0.2, 0.25) is 0 Å². The number of anilines is 1. The standard InChI is InChI=1S/C14H21F2N3/c1-2-18-5-7-19(8-6-18)10-11-3-4-12(17)9-13(11)14(15)16/h3-4,9,14H,2,5-8,10,17H2,1H3. The number of halogens is 2. The Labute approximate surface area is 113 Å². The monoisotopic (exact) mass is 269 g/mol. The number of hydrogen-bond donors (Lipinski definition) is 1. The summed E-state index contributed by atoms with van der Waals surface area (Å²) in [6.45, 7) is 7.66. The maximum absolute atomic E-state index is 13.0. The first-order chi connectivity index (χ1) is 9.10. The van der Waals surface area contributed by atoms with Crippen molar-refractivity contribution in [3.8, 4) is 0 Å². The molecule has 2 rings (SSSR count). The van der Waals surface area contributed by atoms with E-state index in [1.165, 1.54) is 6.07 Å². The molecule has 1 heterocycles. The number of nitrogen functional groups attached to an aromatic ring is 1. The Hall–Kier alpha value is -1.20. The van der Waals surface area contributed by atoms with Gasteiger partial charge in [-0.1, -0.05) is 13.0 Å². The molecule has 106 valence electrons. The number of benzene rings is 1. The lowest BCUT2D eigenvalue weighted by Gasteiger charge is -2.34. The van der Waals surface area contributed by atoms with Gasteiger partial charge < -0.3 is 10.6 Å². The lowest BCUT2D eigenvalue weighted by Crippen LogP contribution is -2.45. The maximum atomic E-state index is 13.0. The first-order valence-corrected chi connectivity index (χ1v) is 6.71. The fourth-order valence-electron chi connectivity index (χ4n) is 2.47. The van der Waals surface area contributed by atoms with Crippen LogP contribution in [0.15, 0.2) is 18.2 Å². The van der Waals surface area contributed by atoms with Crippen LogP contribution >= 0.6 is 0 Å². The maximum Gasteiger partial charge on any atom is 0.264 e. The van der Waals surface area contributed by atoms with Crippen molar-refractivity contribution in [2.45, 2.75) is 19.9 Å². The van der Waals surface area contributed by atoms with Crippen LogP contribution in [0.3, 0.4) is 0 Å². The SMILES string of the molecule is CCN1CCN(Cc2ccc(N)cc2C(F)F)CC1. The van der Waals surface area contributed by atoms with Crippen LogP contribution in [0.5, 0.6) is 0 Å². The summed E-state index contributed by atoms with van der Waals surface area (Å²) < 4.78 is 26.0. The minimum atomic E-state index is -2.46. The number of rotatable bonds is 4. The average molecular weight is 269 g/mol. The fourth-order valence-corrected chi connectivity index (χ4v) is 2.47. The second-order valence-corrected chi connectivity index (χ2v) is 4.97. The molecule has 0 aliphatic carbocycles. The molecule has 1 aromatic carbocycles. The molecule has 2 N–H and O–H groups in total. The summed E-state index contributed by atoms with van der Waals surface area (Å²) in [5, 5.41) is 0. The highest BCUT2D eigenvalue weighted by Crippen LogP contribution is 2.26. The van der Waals surface area contributed by atoms with Gasteiger partial charge in [0.25, 0.3) is 6.43 Å². The van der Waals surface area contributed by atoms with Crippen LogP contribution in [0.4, 0.5) is 14.5 Å². The van der Waals surface area contributed by atoms with Gasteiger partial charge in [-0.05, 0) is 24.2 Å². The van der Waals surface area contributed by atoms with Crippen LogP contribution < -0.4 is 5.73 Å². The Balaban J connectivity index is 2.03. The molecule has 0 spiro atoms. The van der Waals surface area contributed by atoms with Gasteiger partial charge in [-0.25, -0.2) is 8.78 Å². The summed E-state index contributed by atoms with van der Waals surface area (Å²) in [6.07, 6.45) is -2.46. The molecule has 0 unspecified atom stereocenters. The number of alkyl halides is 2. The van der Waals surface area contributed by atoms with E-state index in [-0.39, 0.29) is 5.56 Å². The molecule has 1 saturated heterocycles. The van der Waals surface area contributed by atoms with Crippen molar-refractivity contribution in [2.24, 2.45) is 0 Å². The molecule has 0 atom stereocenters. The smallest absolute Gasteiger partial charge is 0.264 e. The van der Waals surface area contributed by atoms with Crippen molar-refractivity contribution in [1.82, 2.24) is 9.80 Å². The van der Waals surface area contributed by atoms with Crippen LogP contribution in [0.1, 0.15) is 24.5 Å². The molecule has 0 amide bonds. The van der Waals surface area contributed by atoms with Crippen molar-refractivity contribution in [3.63, 3.8) is 0 Å². The first kappa shape index (κ1) is 14.2. The summed E-state index contributed by atoms with van der Waals surface area (Å²) in [6, 6.07) is 4.81. The van der Waals surface area contributed by atoms with E-state index in [2.05, 4.69) is 16.7 Å². The van der Waals surface area contributed by atoms with Gasteiger partial charge in [0.05, 0.1) is 0 Å². The van der Waals surface area contributed by atoms with Crippen molar-refractivity contribution >= 4 is 5.69 Å². The number of likely N-dealkylation sites (N-methyl/N-ethyl adjacent to an activating group) is 1. The fraction of sp³-hybridized carbons (Fsp3) is 0.571. The summed E-state index contributed by atoms with van der Waals surface area (Å²) in [5.74, 6) is 0. The van der Waals surface area contributed by atoms with E-state index in [0.29, 0.717) is 17.8 Å². The lowest BCUT2D eigenvalue weighted by atomic mass is 10.1. The molecule has 1 aliphatic heterocycles. The Morgan fingerprint density at radius 2 is 1.79 bits per heavy atom. The van der Waals surface area contributed by atoms with Crippen molar-refractivity contribution in [1.29, 1.82) is 0 Å². The number of piperazine rings is 1. The van der Waals surface area contributed by atoms with Gasteiger partial charge in [0.15, 0.2) is 0 Å². The predicted octanol–water partition coefficient (Wildman–Crippen LogP) is 2.34. The number of nitrogens with zero attached hydrogens (tertiary/aromatic N) is 2. The minimum Gasteiger partial charge on any atom is -0.399 e.